The standard InChI is InChI=1S/C25H28Br2N2O3S/c1-12-11-28-25(33-12)29-21(30)8-7-16-22-15-4-3-13-9-20(32-2)19(26)10-18(13)14(15)5-6-17(22)24(31)23(16)27/h9-11,14-17,22-23H,3-8H2,1-2H3,(H,28,29,30)/t14?,15?,16-,17-,22?,23?/m0/s1. The molecule has 0 radical (unpaired) electrons. The van der Waals surface area contributed by atoms with E-state index < -0.39 is 0 Å². The molecular weight excluding hydrogens is 568 g/mol. The van der Waals surface area contributed by atoms with Gasteiger partial charge in [0, 0.05) is 23.4 Å². The number of anilines is 1. The maximum absolute atomic E-state index is 13.2. The molecule has 5 rings (SSSR count). The van der Waals surface area contributed by atoms with Crippen molar-refractivity contribution in [3.8, 4) is 5.75 Å². The number of methoxy groups -OCH3 is 1. The molecule has 0 bridgehead atoms. The van der Waals surface area contributed by atoms with Crippen molar-refractivity contribution in [1.82, 2.24) is 4.98 Å². The van der Waals surface area contributed by atoms with Gasteiger partial charge in [0.2, 0.25) is 5.91 Å². The minimum Gasteiger partial charge on any atom is -0.496 e. The van der Waals surface area contributed by atoms with Gasteiger partial charge in [-0.05, 0) is 102 Å². The van der Waals surface area contributed by atoms with Gasteiger partial charge in [-0.1, -0.05) is 15.9 Å². The maximum Gasteiger partial charge on any atom is 0.226 e. The Hall–Kier alpha value is -1.25. The van der Waals surface area contributed by atoms with Gasteiger partial charge in [0.05, 0.1) is 16.4 Å². The highest BCUT2D eigenvalue weighted by molar-refractivity contribution is 9.10. The fourth-order valence-electron chi connectivity index (χ4n) is 6.55. The minimum atomic E-state index is -0.148. The Balaban J connectivity index is 1.35. The van der Waals surface area contributed by atoms with Crippen LogP contribution in [0.15, 0.2) is 22.8 Å². The number of carbonyl (C=O) groups excluding carboxylic acids is 2. The molecule has 6 atom stereocenters. The molecule has 8 heteroatoms. The van der Waals surface area contributed by atoms with Gasteiger partial charge in [0.15, 0.2) is 5.13 Å². The number of halogens is 2. The lowest BCUT2D eigenvalue weighted by atomic mass is 9.59. The van der Waals surface area contributed by atoms with Gasteiger partial charge in [-0.2, -0.15) is 0 Å². The predicted molar refractivity (Wildman–Crippen MR) is 137 cm³/mol. The van der Waals surface area contributed by atoms with Gasteiger partial charge in [-0.25, -0.2) is 4.98 Å². The van der Waals surface area contributed by atoms with E-state index in [1.807, 2.05) is 6.92 Å². The molecule has 0 aliphatic heterocycles. The van der Waals surface area contributed by atoms with Crippen LogP contribution in [0, 0.1) is 30.6 Å². The molecule has 1 heterocycles. The number of nitrogens with zero attached hydrogens (tertiary/aromatic N) is 1. The third-order valence-electron chi connectivity index (χ3n) is 7.90. The van der Waals surface area contributed by atoms with Crippen molar-refractivity contribution in [2.24, 2.45) is 23.7 Å². The van der Waals surface area contributed by atoms with Crippen molar-refractivity contribution < 1.29 is 14.3 Å². The predicted octanol–water partition coefficient (Wildman–Crippen LogP) is 6.28. The van der Waals surface area contributed by atoms with Crippen LogP contribution < -0.4 is 10.1 Å². The first-order valence-electron chi connectivity index (χ1n) is 11.6. The second-order valence-electron chi connectivity index (χ2n) is 9.59. The zero-order valence-corrected chi connectivity index (χ0v) is 22.8. The molecule has 5 nitrogen and oxygen atoms in total. The van der Waals surface area contributed by atoms with Crippen LogP contribution in [0.25, 0.3) is 0 Å². The summed E-state index contributed by atoms with van der Waals surface area (Å²) in [6.45, 7) is 1.98. The first-order chi connectivity index (χ1) is 15.9. The molecule has 1 amide bonds. The number of benzene rings is 1. The number of nitrogens with one attached hydrogen (secondary N) is 1. The van der Waals surface area contributed by atoms with Crippen LogP contribution in [0.5, 0.6) is 5.75 Å². The monoisotopic (exact) mass is 594 g/mol. The lowest BCUT2D eigenvalue weighted by molar-refractivity contribution is -0.122. The summed E-state index contributed by atoms with van der Waals surface area (Å²) >= 11 is 8.90. The number of amides is 1. The van der Waals surface area contributed by atoms with Crippen LogP contribution in [0.2, 0.25) is 0 Å². The Labute approximate surface area is 215 Å². The fraction of sp³-hybridized carbons (Fsp3) is 0.560. The van der Waals surface area contributed by atoms with Crippen LogP contribution in [0.3, 0.4) is 0 Å². The van der Waals surface area contributed by atoms with Gasteiger partial charge in [-0.3, -0.25) is 9.59 Å². The molecule has 0 saturated heterocycles. The van der Waals surface area contributed by atoms with E-state index in [1.54, 1.807) is 13.3 Å². The summed E-state index contributed by atoms with van der Waals surface area (Å²) in [6.07, 6.45) is 7.02. The smallest absolute Gasteiger partial charge is 0.226 e. The molecule has 1 N–H and O–H groups in total. The Kier molecular flexibility index (Phi) is 6.71. The van der Waals surface area contributed by atoms with Gasteiger partial charge in [0.1, 0.15) is 11.5 Å². The Bertz CT molecular complexity index is 1090. The number of ketones is 1. The summed E-state index contributed by atoms with van der Waals surface area (Å²) in [4.78, 5) is 30.9. The van der Waals surface area contributed by atoms with Crippen molar-refractivity contribution in [1.29, 1.82) is 0 Å². The van der Waals surface area contributed by atoms with Crippen molar-refractivity contribution in [2.75, 3.05) is 12.4 Å². The van der Waals surface area contributed by atoms with E-state index in [9.17, 15) is 9.59 Å². The summed E-state index contributed by atoms with van der Waals surface area (Å²) in [6, 6.07) is 4.42. The van der Waals surface area contributed by atoms with Crippen molar-refractivity contribution in [3.63, 3.8) is 0 Å². The second-order valence-corrected chi connectivity index (χ2v) is 12.7. The number of alkyl halides is 1. The molecule has 3 aliphatic rings. The van der Waals surface area contributed by atoms with Crippen molar-refractivity contribution in [3.05, 3.63) is 38.8 Å². The lowest BCUT2D eigenvalue weighted by Gasteiger charge is -2.45. The average molecular weight is 596 g/mol. The normalized spacial score (nSPS) is 30.4. The summed E-state index contributed by atoms with van der Waals surface area (Å²) in [5.41, 5.74) is 2.79. The number of thiazole rings is 1. The SMILES string of the molecule is COc1cc2c(cc1Br)C1CC[C@@H]3C(=O)C(Br)[C@@H](CCC(=O)Nc4ncc(C)s4)C3C1CC2. The third-order valence-corrected chi connectivity index (χ3v) is 10.5. The van der Waals surface area contributed by atoms with Gasteiger partial charge < -0.3 is 10.1 Å². The zero-order valence-electron chi connectivity index (χ0n) is 18.8. The molecule has 2 fully saturated rings. The molecule has 1 aromatic heterocycles. The topological polar surface area (TPSA) is 68.3 Å². The first kappa shape index (κ1) is 23.5. The van der Waals surface area contributed by atoms with Gasteiger partial charge >= 0.3 is 0 Å². The lowest BCUT2D eigenvalue weighted by Crippen LogP contribution is -2.38. The largest absolute Gasteiger partial charge is 0.496 e. The molecule has 3 aliphatic carbocycles. The Morgan fingerprint density at radius 2 is 2.06 bits per heavy atom. The highest BCUT2D eigenvalue weighted by Crippen LogP contribution is 2.58. The molecule has 2 aromatic rings. The molecule has 0 spiro atoms. The highest BCUT2D eigenvalue weighted by Gasteiger charge is 2.55. The van der Waals surface area contributed by atoms with E-state index >= 15 is 0 Å². The van der Waals surface area contributed by atoms with Crippen molar-refractivity contribution >= 4 is 60.0 Å². The number of Topliss-reactive ketones (excluding diaryl/α,β-unsaturated/α-hetero) is 1. The molecule has 4 unspecified atom stereocenters. The zero-order chi connectivity index (χ0) is 23.3. The van der Waals surface area contributed by atoms with Crippen LogP contribution >= 0.6 is 43.2 Å². The number of rotatable bonds is 5. The minimum absolute atomic E-state index is 0.0164. The van der Waals surface area contributed by atoms with Gasteiger partial charge in [0.25, 0.3) is 0 Å². The summed E-state index contributed by atoms with van der Waals surface area (Å²) in [5, 5.41) is 3.57. The second kappa shape index (κ2) is 9.42. The van der Waals surface area contributed by atoms with Crippen LogP contribution in [0.4, 0.5) is 5.13 Å². The number of carbonyl (C=O) groups is 2. The number of ether oxygens (including phenoxy) is 1. The number of aromatic nitrogens is 1. The third kappa shape index (κ3) is 4.31. The van der Waals surface area contributed by atoms with E-state index in [4.69, 9.17) is 4.74 Å². The average Bonchev–Trinajstić information content (AvgIpc) is 3.32. The number of aryl methyl sites for hydroxylation is 2. The molecule has 33 heavy (non-hydrogen) atoms. The van der Waals surface area contributed by atoms with Crippen LogP contribution in [-0.2, 0) is 16.0 Å². The Morgan fingerprint density at radius 1 is 1.27 bits per heavy atom. The van der Waals surface area contributed by atoms with Crippen LogP contribution in [0.1, 0.15) is 54.0 Å². The van der Waals surface area contributed by atoms with E-state index in [1.165, 1.54) is 22.5 Å². The van der Waals surface area contributed by atoms with E-state index in [0.29, 0.717) is 35.1 Å². The summed E-state index contributed by atoms with van der Waals surface area (Å²) < 4.78 is 6.52. The maximum atomic E-state index is 13.2. The molecule has 1 aromatic carbocycles. The van der Waals surface area contributed by atoms with E-state index in [-0.39, 0.29) is 22.6 Å². The summed E-state index contributed by atoms with van der Waals surface area (Å²) in [7, 11) is 1.71. The number of hydrogen-bond donors (Lipinski definition) is 1. The fourth-order valence-corrected chi connectivity index (χ4v) is 8.71. The first-order valence-corrected chi connectivity index (χ1v) is 14.2. The summed E-state index contributed by atoms with van der Waals surface area (Å²) in [5.74, 6) is 2.82. The quantitative estimate of drug-likeness (QED) is 0.413. The molecular formula is C25H28Br2N2O3S. The molecule has 2 saturated carbocycles. The highest BCUT2D eigenvalue weighted by atomic mass is 79.9. The van der Waals surface area contributed by atoms with E-state index in [0.717, 1.165) is 47.2 Å². The van der Waals surface area contributed by atoms with Crippen LogP contribution in [-0.4, -0.2) is 28.6 Å². The number of fused-ring (bicyclic) bond motifs is 5. The van der Waals surface area contributed by atoms with Gasteiger partial charge in [-0.15, -0.1) is 11.3 Å². The van der Waals surface area contributed by atoms with Crippen molar-refractivity contribution in [2.45, 2.75) is 56.2 Å². The number of hydrogen-bond acceptors (Lipinski definition) is 5. The molecule has 176 valence electrons. The van der Waals surface area contributed by atoms with E-state index in [2.05, 4.69) is 54.3 Å². The Morgan fingerprint density at radius 3 is 2.79 bits per heavy atom.